The van der Waals surface area contributed by atoms with E-state index in [1.807, 2.05) is 42.5 Å². The normalized spacial score (nSPS) is 12.0. The predicted molar refractivity (Wildman–Crippen MR) is 141 cm³/mol. The minimum absolute atomic E-state index is 0.0220. The fourth-order valence-corrected chi connectivity index (χ4v) is 3.83. The van der Waals surface area contributed by atoms with Crippen molar-refractivity contribution in [3.05, 3.63) is 107 Å². The number of anilines is 1. The highest BCUT2D eigenvalue weighted by atomic mass is 16.6. The zero-order valence-electron chi connectivity index (χ0n) is 20.8. The van der Waals surface area contributed by atoms with Gasteiger partial charge in [0.15, 0.2) is 5.76 Å². The molecule has 0 radical (unpaired) electrons. The van der Waals surface area contributed by atoms with Crippen molar-refractivity contribution < 1.29 is 28.8 Å². The number of hydrogen-bond acceptors (Lipinski definition) is 7. The number of amides is 2. The van der Waals surface area contributed by atoms with E-state index < -0.39 is 30.1 Å². The number of aliphatic carboxylic acids is 1. The molecule has 0 aliphatic rings. The van der Waals surface area contributed by atoms with Gasteiger partial charge in [0.05, 0.1) is 0 Å². The lowest BCUT2D eigenvalue weighted by Gasteiger charge is -2.15. The average Bonchev–Trinajstić information content (AvgIpc) is 3.35. The summed E-state index contributed by atoms with van der Waals surface area (Å²) in [6, 6.07) is 24.9. The maximum Gasteiger partial charge on any atom is 0.412 e. The molecule has 1 aromatic heterocycles. The van der Waals surface area contributed by atoms with Gasteiger partial charge >= 0.3 is 12.1 Å². The van der Waals surface area contributed by atoms with Crippen LogP contribution in [0.15, 0.2) is 89.5 Å². The SMILES string of the molecule is CC(OC(=O)Nc1c(C#N)noc1-c1ccc(C(=O)NC(Cc2ccccc2)C(=O)O)cc1)c1ccccc1. The fourth-order valence-electron chi connectivity index (χ4n) is 3.83. The molecule has 0 spiro atoms. The van der Waals surface area contributed by atoms with Crippen molar-refractivity contribution in [2.45, 2.75) is 25.5 Å². The minimum atomic E-state index is -1.15. The number of aromatic nitrogens is 1. The Morgan fingerprint density at radius 3 is 2.26 bits per heavy atom. The van der Waals surface area contributed by atoms with E-state index in [-0.39, 0.29) is 29.1 Å². The maximum atomic E-state index is 12.8. The van der Waals surface area contributed by atoms with Crippen molar-refractivity contribution >= 4 is 23.7 Å². The molecule has 2 atom stereocenters. The number of carbonyl (C=O) groups excluding carboxylic acids is 2. The fraction of sp³-hybridized carbons (Fsp3) is 0.138. The summed E-state index contributed by atoms with van der Waals surface area (Å²) < 4.78 is 10.7. The van der Waals surface area contributed by atoms with Crippen LogP contribution in [0.25, 0.3) is 11.3 Å². The van der Waals surface area contributed by atoms with Gasteiger partial charge in [-0.25, -0.2) is 9.59 Å². The van der Waals surface area contributed by atoms with Crippen LogP contribution in [-0.2, 0) is 16.0 Å². The van der Waals surface area contributed by atoms with E-state index in [2.05, 4.69) is 15.8 Å². The molecule has 0 fully saturated rings. The number of rotatable bonds is 9. The van der Waals surface area contributed by atoms with E-state index in [0.29, 0.717) is 5.56 Å². The zero-order chi connectivity index (χ0) is 27.8. The van der Waals surface area contributed by atoms with Crippen LogP contribution in [0.2, 0.25) is 0 Å². The summed E-state index contributed by atoms with van der Waals surface area (Å²) in [5.74, 6) is -1.63. The Labute approximate surface area is 223 Å². The van der Waals surface area contributed by atoms with E-state index in [1.165, 1.54) is 24.3 Å². The average molecular weight is 525 g/mol. The number of benzene rings is 3. The van der Waals surface area contributed by atoms with Gasteiger partial charge < -0.3 is 19.7 Å². The molecule has 0 saturated carbocycles. The molecule has 0 saturated heterocycles. The summed E-state index contributed by atoms with van der Waals surface area (Å²) >= 11 is 0. The van der Waals surface area contributed by atoms with Crippen LogP contribution < -0.4 is 10.6 Å². The van der Waals surface area contributed by atoms with Crippen molar-refractivity contribution in [3.63, 3.8) is 0 Å². The molecule has 0 bridgehead atoms. The van der Waals surface area contributed by atoms with Crippen LogP contribution in [0.1, 0.15) is 40.2 Å². The van der Waals surface area contributed by atoms with Crippen LogP contribution in [0.4, 0.5) is 10.5 Å². The molecule has 10 nitrogen and oxygen atoms in total. The Kier molecular flexibility index (Phi) is 8.33. The van der Waals surface area contributed by atoms with Gasteiger partial charge in [-0.1, -0.05) is 78.0 Å². The van der Waals surface area contributed by atoms with Gasteiger partial charge in [-0.05, 0) is 30.2 Å². The Morgan fingerprint density at radius 2 is 1.64 bits per heavy atom. The van der Waals surface area contributed by atoms with Crippen molar-refractivity contribution in [2.75, 3.05) is 5.32 Å². The molecule has 3 aromatic carbocycles. The van der Waals surface area contributed by atoms with Gasteiger partial charge in [-0.2, -0.15) is 5.26 Å². The molecule has 0 aliphatic heterocycles. The first-order chi connectivity index (χ1) is 18.9. The third-order valence-electron chi connectivity index (χ3n) is 5.87. The van der Waals surface area contributed by atoms with Crippen molar-refractivity contribution in [2.24, 2.45) is 0 Å². The molecule has 10 heteroatoms. The first-order valence-corrected chi connectivity index (χ1v) is 12.0. The van der Waals surface area contributed by atoms with Crippen molar-refractivity contribution in [3.8, 4) is 17.4 Å². The Balaban J connectivity index is 1.46. The van der Waals surface area contributed by atoms with E-state index in [4.69, 9.17) is 9.26 Å². The quantitative estimate of drug-likeness (QED) is 0.278. The van der Waals surface area contributed by atoms with Crippen LogP contribution in [0.5, 0.6) is 0 Å². The van der Waals surface area contributed by atoms with E-state index in [9.17, 15) is 24.8 Å². The molecule has 2 unspecified atom stereocenters. The van der Waals surface area contributed by atoms with Gasteiger partial charge in [0, 0.05) is 17.5 Å². The molecule has 0 aliphatic carbocycles. The smallest absolute Gasteiger partial charge is 0.412 e. The number of nitrogens with one attached hydrogen (secondary N) is 2. The van der Waals surface area contributed by atoms with Crippen LogP contribution >= 0.6 is 0 Å². The second kappa shape index (κ2) is 12.2. The topological polar surface area (TPSA) is 155 Å². The number of nitrogens with zero attached hydrogens (tertiary/aromatic N) is 2. The molecule has 2 amide bonds. The lowest BCUT2D eigenvalue weighted by Crippen LogP contribution is -2.42. The van der Waals surface area contributed by atoms with Gasteiger partial charge in [-0.15, -0.1) is 0 Å². The summed E-state index contributed by atoms with van der Waals surface area (Å²) in [5, 5.41) is 27.8. The first-order valence-electron chi connectivity index (χ1n) is 12.0. The van der Waals surface area contributed by atoms with E-state index in [0.717, 1.165) is 11.1 Å². The van der Waals surface area contributed by atoms with Gasteiger partial charge in [0.25, 0.3) is 5.91 Å². The number of carbonyl (C=O) groups is 3. The van der Waals surface area contributed by atoms with Crippen LogP contribution in [-0.4, -0.2) is 34.3 Å². The van der Waals surface area contributed by atoms with Crippen molar-refractivity contribution in [1.82, 2.24) is 10.5 Å². The predicted octanol–water partition coefficient (Wildman–Crippen LogP) is 4.95. The van der Waals surface area contributed by atoms with Crippen molar-refractivity contribution in [1.29, 1.82) is 5.26 Å². The third-order valence-corrected chi connectivity index (χ3v) is 5.87. The first kappa shape index (κ1) is 26.6. The number of nitriles is 1. The zero-order valence-corrected chi connectivity index (χ0v) is 20.8. The second-order valence-corrected chi connectivity index (χ2v) is 8.56. The maximum absolute atomic E-state index is 12.8. The lowest BCUT2D eigenvalue weighted by atomic mass is 10.0. The summed E-state index contributed by atoms with van der Waals surface area (Å²) in [7, 11) is 0. The molecule has 1 heterocycles. The number of carboxylic acids is 1. The van der Waals surface area contributed by atoms with Gasteiger partial charge in [0.2, 0.25) is 5.69 Å². The Hall–Kier alpha value is -5.43. The monoisotopic (exact) mass is 524 g/mol. The highest BCUT2D eigenvalue weighted by Crippen LogP contribution is 2.32. The Morgan fingerprint density at radius 1 is 1.00 bits per heavy atom. The highest BCUT2D eigenvalue weighted by molar-refractivity contribution is 5.97. The molecule has 196 valence electrons. The standard InChI is InChI=1S/C29H24N4O6/c1-18(20-10-6-3-7-11-20)38-29(37)32-25-24(17-30)33-39-26(25)21-12-14-22(15-13-21)27(34)31-23(28(35)36)16-19-8-4-2-5-9-19/h2-15,18,23H,16H2,1H3,(H,31,34)(H,32,37)(H,35,36). The largest absolute Gasteiger partial charge is 0.480 e. The minimum Gasteiger partial charge on any atom is -0.480 e. The molecular formula is C29H24N4O6. The highest BCUT2D eigenvalue weighted by Gasteiger charge is 2.24. The van der Waals surface area contributed by atoms with Gasteiger partial charge in [0.1, 0.15) is 23.9 Å². The number of ether oxygens (including phenoxy) is 1. The number of hydrogen-bond donors (Lipinski definition) is 3. The summed E-state index contributed by atoms with van der Waals surface area (Å²) in [6.45, 7) is 1.72. The Bertz CT molecular complexity index is 1490. The summed E-state index contributed by atoms with van der Waals surface area (Å²) in [4.78, 5) is 37.0. The van der Waals surface area contributed by atoms with Crippen LogP contribution in [0.3, 0.4) is 0 Å². The molecule has 4 rings (SSSR count). The lowest BCUT2D eigenvalue weighted by molar-refractivity contribution is -0.139. The van der Waals surface area contributed by atoms with Gasteiger partial charge in [-0.3, -0.25) is 10.1 Å². The molecule has 4 aromatic rings. The summed E-state index contributed by atoms with van der Waals surface area (Å²) in [6.07, 6.45) is -1.22. The molecule has 3 N–H and O–H groups in total. The number of carboxylic acid groups (broad SMARTS) is 1. The molecular weight excluding hydrogens is 500 g/mol. The molecule has 39 heavy (non-hydrogen) atoms. The third kappa shape index (κ3) is 6.67. The van der Waals surface area contributed by atoms with Crippen LogP contribution in [0, 0.1) is 11.3 Å². The van der Waals surface area contributed by atoms with E-state index >= 15 is 0 Å². The van der Waals surface area contributed by atoms with E-state index in [1.54, 1.807) is 31.2 Å². The summed E-state index contributed by atoms with van der Waals surface area (Å²) in [5.41, 5.74) is 2.07. The second-order valence-electron chi connectivity index (χ2n) is 8.56.